The molecular formula is C22H31N3O3S. The Bertz CT molecular complexity index is 815. The van der Waals surface area contributed by atoms with E-state index < -0.39 is 0 Å². The zero-order valence-electron chi connectivity index (χ0n) is 17.8. The van der Waals surface area contributed by atoms with Gasteiger partial charge in [-0.3, -0.25) is 14.6 Å². The van der Waals surface area contributed by atoms with Crippen LogP contribution in [-0.2, 0) is 17.9 Å². The first-order chi connectivity index (χ1) is 14.0. The quantitative estimate of drug-likeness (QED) is 0.661. The lowest BCUT2D eigenvalue weighted by Crippen LogP contribution is -2.49. The van der Waals surface area contributed by atoms with Gasteiger partial charge in [0.2, 0.25) is 5.91 Å². The van der Waals surface area contributed by atoms with Gasteiger partial charge in [0, 0.05) is 44.6 Å². The number of aryl methyl sites for hydroxylation is 1. The van der Waals surface area contributed by atoms with Crippen molar-refractivity contribution in [3.05, 3.63) is 45.6 Å². The Morgan fingerprint density at radius 3 is 2.38 bits per heavy atom. The van der Waals surface area contributed by atoms with E-state index in [0.717, 1.165) is 44.2 Å². The number of methoxy groups -OCH3 is 2. The van der Waals surface area contributed by atoms with Gasteiger partial charge in [0.15, 0.2) is 11.5 Å². The molecule has 1 amide bonds. The van der Waals surface area contributed by atoms with Crippen LogP contribution in [0.1, 0.15) is 16.0 Å². The normalized spacial score (nSPS) is 15.3. The van der Waals surface area contributed by atoms with Crippen LogP contribution in [0, 0.1) is 6.92 Å². The summed E-state index contributed by atoms with van der Waals surface area (Å²) in [4.78, 5) is 20.4. The molecule has 1 saturated heterocycles. The van der Waals surface area contributed by atoms with Gasteiger partial charge < -0.3 is 14.4 Å². The average molecular weight is 418 g/mol. The molecule has 0 bridgehead atoms. The molecule has 29 heavy (non-hydrogen) atoms. The monoisotopic (exact) mass is 417 g/mol. The predicted molar refractivity (Wildman–Crippen MR) is 117 cm³/mol. The second-order valence-corrected chi connectivity index (χ2v) is 8.52. The molecule has 3 rings (SSSR count). The fourth-order valence-corrected chi connectivity index (χ4v) is 4.48. The van der Waals surface area contributed by atoms with Crippen molar-refractivity contribution in [3.63, 3.8) is 0 Å². The minimum absolute atomic E-state index is 0.186. The molecule has 1 aliphatic heterocycles. The molecule has 0 unspecified atom stereocenters. The molecule has 6 nitrogen and oxygen atoms in total. The molecule has 1 aromatic carbocycles. The van der Waals surface area contributed by atoms with Crippen molar-refractivity contribution in [3.8, 4) is 11.5 Å². The standard InChI is InChI=1S/C22H31N3O3S/c1-17-7-12-29-21(17)15-23(2)22(26)16-25-10-8-24(9-11-25)14-18-5-6-19(27-3)20(13-18)28-4/h5-7,12-13H,8-11,14-16H2,1-4H3. The minimum atomic E-state index is 0.186. The number of nitrogens with zero attached hydrogens (tertiary/aromatic N) is 3. The lowest BCUT2D eigenvalue weighted by atomic mass is 10.1. The maximum absolute atomic E-state index is 12.6. The summed E-state index contributed by atoms with van der Waals surface area (Å²) < 4.78 is 10.7. The zero-order chi connectivity index (χ0) is 20.8. The van der Waals surface area contributed by atoms with Crippen molar-refractivity contribution in [2.75, 3.05) is 54.0 Å². The third-order valence-corrected chi connectivity index (χ3v) is 6.46. The number of thiophene rings is 1. The van der Waals surface area contributed by atoms with Crippen LogP contribution in [0.2, 0.25) is 0 Å². The van der Waals surface area contributed by atoms with Gasteiger partial charge in [-0.25, -0.2) is 0 Å². The summed E-state index contributed by atoms with van der Waals surface area (Å²) in [6.07, 6.45) is 0. The van der Waals surface area contributed by atoms with E-state index in [1.807, 2.05) is 24.1 Å². The van der Waals surface area contributed by atoms with E-state index in [1.165, 1.54) is 16.0 Å². The van der Waals surface area contributed by atoms with E-state index in [2.05, 4.69) is 34.2 Å². The van der Waals surface area contributed by atoms with Crippen molar-refractivity contribution in [2.45, 2.75) is 20.0 Å². The highest BCUT2D eigenvalue weighted by molar-refractivity contribution is 7.10. The van der Waals surface area contributed by atoms with Crippen molar-refractivity contribution in [1.29, 1.82) is 0 Å². The summed E-state index contributed by atoms with van der Waals surface area (Å²) in [7, 11) is 5.21. The fraction of sp³-hybridized carbons (Fsp3) is 0.500. The summed E-state index contributed by atoms with van der Waals surface area (Å²) >= 11 is 1.72. The van der Waals surface area contributed by atoms with E-state index in [9.17, 15) is 4.79 Å². The minimum Gasteiger partial charge on any atom is -0.493 e. The van der Waals surface area contributed by atoms with Crippen LogP contribution in [-0.4, -0.2) is 74.6 Å². The molecule has 0 radical (unpaired) electrons. The largest absolute Gasteiger partial charge is 0.493 e. The molecular weight excluding hydrogens is 386 g/mol. The third kappa shape index (κ3) is 5.72. The zero-order valence-corrected chi connectivity index (χ0v) is 18.6. The molecule has 7 heteroatoms. The molecule has 158 valence electrons. The van der Waals surface area contributed by atoms with Crippen LogP contribution in [0.3, 0.4) is 0 Å². The summed E-state index contributed by atoms with van der Waals surface area (Å²) in [5, 5.41) is 2.08. The highest BCUT2D eigenvalue weighted by Gasteiger charge is 2.21. The van der Waals surface area contributed by atoms with Crippen LogP contribution >= 0.6 is 11.3 Å². The Hall–Kier alpha value is -2.09. The lowest BCUT2D eigenvalue weighted by Gasteiger charge is -2.35. The van der Waals surface area contributed by atoms with Gasteiger partial charge in [0.1, 0.15) is 0 Å². The van der Waals surface area contributed by atoms with E-state index >= 15 is 0 Å². The smallest absolute Gasteiger partial charge is 0.236 e. The van der Waals surface area contributed by atoms with Gasteiger partial charge in [-0.1, -0.05) is 6.07 Å². The number of amides is 1. The van der Waals surface area contributed by atoms with E-state index in [-0.39, 0.29) is 5.91 Å². The number of carbonyl (C=O) groups is 1. The van der Waals surface area contributed by atoms with Gasteiger partial charge in [-0.05, 0) is 41.6 Å². The van der Waals surface area contributed by atoms with Crippen LogP contribution < -0.4 is 9.47 Å². The van der Waals surface area contributed by atoms with Gasteiger partial charge in [-0.15, -0.1) is 11.3 Å². The van der Waals surface area contributed by atoms with Crippen LogP contribution in [0.5, 0.6) is 11.5 Å². The van der Waals surface area contributed by atoms with Gasteiger partial charge in [0.05, 0.1) is 27.3 Å². The molecule has 1 aliphatic rings. The Morgan fingerprint density at radius 2 is 1.76 bits per heavy atom. The number of carbonyl (C=O) groups excluding carboxylic acids is 1. The van der Waals surface area contributed by atoms with Crippen molar-refractivity contribution < 1.29 is 14.3 Å². The molecule has 1 aromatic heterocycles. The van der Waals surface area contributed by atoms with Crippen LogP contribution in [0.25, 0.3) is 0 Å². The second-order valence-electron chi connectivity index (χ2n) is 7.52. The first-order valence-electron chi connectivity index (χ1n) is 9.92. The first-order valence-corrected chi connectivity index (χ1v) is 10.8. The number of hydrogen-bond donors (Lipinski definition) is 0. The number of benzene rings is 1. The van der Waals surface area contributed by atoms with Crippen LogP contribution in [0.15, 0.2) is 29.6 Å². The maximum atomic E-state index is 12.6. The molecule has 0 N–H and O–H groups in total. The Labute approximate surface area is 177 Å². The Kier molecular flexibility index (Phi) is 7.52. The molecule has 2 aromatic rings. The molecule has 0 saturated carbocycles. The number of rotatable bonds is 8. The molecule has 0 aliphatic carbocycles. The van der Waals surface area contributed by atoms with Crippen molar-refractivity contribution in [1.82, 2.24) is 14.7 Å². The Balaban J connectivity index is 1.45. The number of hydrogen-bond acceptors (Lipinski definition) is 6. The average Bonchev–Trinajstić information content (AvgIpc) is 3.13. The summed E-state index contributed by atoms with van der Waals surface area (Å²) in [6.45, 7) is 7.88. The molecule has 0 atom stereocenters. The highest BCUT2D eigenvalue weighted by Crippen LogP contribution is 2.28. The number of ether oxygens (including phenoxy) is 2. The fourth-order valence-electron chi connectivity index (χ4n) is 3.52. The van der Waals surface area contributed by atoms with E-state index in [4.69, 9.17) is 9.47 Å². The van der Waals surface area contributed by atoms with Gasteiger partial charge in [0.25, 0.3) is 0 Å². The molecule has 2 heterocycles. The topological polar surface area (TPSA) is 45.2 Å². The van der Waals surface area contributed by atoms with Gasteiger partial charge in [-0.2, -0.15) is 0 Å². The second kappa shape index (κ2) is 10.1. The van der Waals surface area contributed by atoms with Crippen LogP contribution in [0.4, 0.5) is 0 Å². The van der Waals surface area contributed by atoms with E-state index in [0.29, 0.717) is 13.1 Å². The SMILES string of the molecule is COc1ccc(CN2CCN(CC(=O)N(C)Cc3sccc3C)CC2)cc1OC. The van der Waals surface area contributed by atoms with E-state index in [1.54, 1.807) is 25.6 Å². The van der Waals surface area contributed by atoms with Crippen molar-refractivity contribution in [2.24, 2.45) is 0 Å². The number of piperazine rings is 1. The molecule has 0 spiro atoms. The predicted octanol–water partition coefficient (Wildman–Crippen LogP) is 2.85. The highest BCUT2D eigenvalue weighted by atomic mass is 32.1. The number of likely N-dealkylation sites (N-methyl/N-ethyl adjacent to an activating group) is 1. The van der Waals surface area contributed by atoms with Gasteiger partial charge >= 0.3 is 0 Å². The summed E-state index contributed by atoms with van der Waals surface area (Å²) in [5.74, 6) is 1.70. The lowest BCUT2D eigenvalue weighted by molar-refractivity contribution is -0.132. The third-order valence-electron chi connectivity index (χ3n) is 5.45. The first kappa shape index (κ1) is 21.6. The Morgan fingerprint density at radius 1 is 1.07 bits per heavy atom. The van der Waals surface area contributed by atoms with Crippen molar-refractivity contribution >= 4 is 17.2 Å². The summed E-state index contributed by atoms with van der Waals surface area (Å²) in [6, 6.07) is 8.18. The maximum Gasteiger partial charge on any atom is 0.236 e. The summed E-state index contributed by atoms with van der Waals surface area (Å²) in [5.41, 5.74) is 2.47. The molecule has 1 fully saturated rings.